The third-order valence-electron chi connectivity index (χ3n) is 8.69. The van der Waals surface area contributed by atoms with Crippen LogP contribution in [0.15, 0.2) is 49.4 Å². The van der Waals surface area contributed by atoms with Gasteiger partial charge in [0, 0.05) is 80.5 Å². The average Bonchev–Trinajstić information content (AvgIpc) is 3.05. The molecule has 0 saturated carbocycles. The molecule has 6 rings (SSSR count). The van der Waals surface area contributed by atoms with Crippen molar-refractivity contribution >= 4 is 58.8 Å². The van der Waals surface area contributed by atoms with E-state index < -0.39 is 7.92 Å². The van der Waals surface area contributed by atoms with Crippen LogP contribution in [0.2, 0.25) is 0 Å². The fourth-order valence-electron chi connectivity index (χ4n) is 6.18. The summed E-state index contributed by atoms with van der Waals surface area (Å²) in [5.74, 6) is 2.53. The number of nitrogens with one attached hydrogen (secondary N) is 2. The second-order valence-electron chi connectivity index (χ2n) is 12.1. The Morgan fingerprint density at radius 2 is 1.64 bits per heavy atom. The summed E-state index contributed by atoms with van der Waals surface area (Å²) in [6, 6.07) is 8.74. The molecule has 0 spiro atoms. The standard InChI is InChI=1S/C33H43N10OP/c1-22(2)24-21-36-33(40-31(24)37-26-8-7-25-29(30(26)45(5)6)35-14-13-34-25)38-27-9-10-28(39-32(27)44-4)43-15-11-23(12-16-43)42-19-17-41(3)18-20-42/h7-10,13-14,21,23H,1,11-12,15-20H2,2-6H3,(H2,36,37,38,40). The number of likely N-dealkylation sites (N-methyl/N-ethyl adjacent to an activating group) is 1. The lowest BCUT2D eigenvalue weighted by Crippen LogP contribution is -2.52. The van der Waals surface area contributed by atoms with Crippen molar-refractivity contribution in [2.45, 2.75) is 25.8 Å². The lowest BCUT2D eigenvalue weighted by atomic mass is 10.0. The quantitative estimate of drug-likeness (QED) is 0.247. The summed E-state index contributed by atoms with van der Waals surface area (Å²) >= 11 is 0. The van der Waals surface area contributed by atoms with Crippen LogP contribution in [0, 0.1) is 0 Å². The van der Waals surface area contributed by atoms with Crippen LogP contribution in [-0.4, -0.2) is 108 Å². The zero-order valence-corrected chi connectivity index (χ0v) is 27.8. The molecule has 11 nitrogen and oxygen atoms in total. The molecule has 4 aromatic rings. The Bertz CT molecular complexity index is 1670. The molecule has 12 heteroatoms. The molecule has 2 saturated heterocycles. The van der Waals surface area contributed by atoms with E-state index >= 15 is 0 Å². The van der Waals surface area contributed by atoms with Gasteiger partial charge in [-0.25, -0.2) is 4.98 Å². The topological polar surface area (TPSA) is 107 Å². The molecule has 2 aliphatic rings. The van der Waals surface area contributed by atoms with Gasteiger partial charge in [-0.15, -0.1) is 0 Å². The highest BCUT2D eigenvalue weighted by atomic mass is 31.1. The molecule has 1 aromatic carbocycles. The van der Waals surface area contributed by atoms with E-state index in [1.165, 1.54) is 0 Å². The second-order valence-corrected chi connectivity index (χ2v) is 14.3. The number of rotatable bonds is 9. The van der Waals surface area contributed by atoms with Crippen LogP contribution in [-0.2, 0) is 0 Å². The van der Waals surface area contributed by atoms with Gasteiger partial charge in [0.1, 0.15) is 17.3 Å². The highest BCUT2D eigenvalue weighted by Gasteiger charge is 2.27. The fraction of sp³-hybridized carbons (Fsp3) is 0.424. The number of nitrogens with zero attached hydrogens (tertiary/aromatic N) is 8. The molecular formula is C33H43N10OP. The van der Waals surface area contributed by atoms with Crippen LogP contribution in [0.1, 0.15) is 25.3 Å². The lowest BCUT2D eigenvalue weighted by Gasteiger charge is -2.42. The van der Waals surface area contributed by atoms with E-state index in [9.17, 15) is 0 Å². The largest absolute Gasteiger partial charge is 0.479 e. The number of pyridine rings is 1. The predicted molar refractivity (Wildman–Crippen MR) is 186 cm³/mol. The van der Waals surface area contributed by atoms with Crippen molar-refractivity contribution in [2.24, 2.45) is 0 Å². The number of fused-ring (bicyclic) bond motifs is 1. The number of piperidine rings is 1. The van der Waals surface area contributed by atoms with E-state index in [1.807, 2.05) is 25.1 Å². The number of benzene rings is 1. The Morgan fingerprint density at radius 3 is 2.36 bits per heavy atom. The van der Waals surface area contributed by atoms with Gasteiger partial charge in [0.15, 0.2) is 0 Å². The van der Waals surface area contributed by atoms with Gasteiger partial charge in [0.25, 0.3) is 0 Å². The van der Waals surface area contributed by atoms with Crippen LogP contribution in [0.4, 0.5) is 29.0 Å². The van der Waals surface area contributed by atoms with Gasteiger partial charge in [-0.3, -0.25) is 14.9 Å². The molecule has 0 bridgehead atoms. The Labute approximate surface area is 266 Å². The minimum Gasteiger partial charge on any atom is -0.479 e. The second kappa shape index (κ2) is 13.6. The Balaban J connectivity index is 1.20. The molecule has 236 valence electrons. The molecule has 0 atom stereocenters. The molecule has 3 aromatic heterocycles. The van der Waals surface area contributed by atoms with Gasteiger partial charge < -0.3 is 25.2 Å². The van der Waals surface area contributed by atoms with Crippen LogP contribution < -0.4 is 25.6 Å². The van der Waals surface area contributed by atoms with E-state index in [0.29, 0.717) is 29.4 Å². The number of aromatic nitrogens is 5. The van der Waals surface area contributed by atoms with Crippen LogP contribution in [0.5, 0.6) is 5.88 Å². The first-order valence-corrected chi connectivity index (χ1v) is 17.7. The molecule has 45 heavy (non-hydrogen) atoms. The van der Waals surface area contributed by atoms with Gasteiger partial charge in [-0.1, -0.05) is 14.5 Å². The van der Waals surface area contributed by atoms with Gasteiger partial charge in [0.05, 0.1) is 18.1 Å². The zero-order valence-electron chi connectivity index (χ0n) is 26.9. The lowest BCUT2D eigenvalue weighted by molar-refractivity contribution is 0.0981. The first-order valence-electron chi connectivity index (χ1n) is 15.5. The number of anilines is 5. The maximum atomic E-state index is 5.74. The highest BCUT2D eigenvalue weighted by Crippen LogP contribution is 2.35. The summed E-state index contributed by atoms with van der Waals surface area (Å²) in [4.78, 5) is 31.0. The van der Waals surface area contributed by atoms with Crippen molar-refractivity contribution in [3.63, 3.8) is 0 Å². The Morgan fingerprint density at radius 1 is 0.911 bits per heavy atom. The maximum Gasteiger partial charge on any atom is 0.239 e. The highest BCUT2D eigenvalue weighted by molar-refractivity contribution is 7.65. The molecule has 2 aliphatic heterocycles. The Kier molecular flexibility index (Phi) is 9.40. The number of hydrogen-bond acceptors (Lipinski definition) is 11. The van der Waals surface area contributed by atoms with Crippen molar-refractivity contribution in [1.29, 1.82) is 0 Å². The Hall–Kier alpha value is -3.92. The van der Waals surface area contributed by atoms with Crippen molar-refractivity contribution in [2.75, 3.05) is 82.3 Å². The molecule has 0 aliphatic carbocycles. The van der Waals surface area contributed by atoms with E-state index in [1.54, 1.807) is 25.7 Å². The minimum atomic E-state index is -0.488. The van der Waals surface area contributed by atoms with E-state index in [-0.39, 0.29) is 0 Å². The first kappa shape index (κ1) is 31.1. The maximum absolute atomic E-state index is 5.74. The zero-order chi connectivity index (χ0) is 31.5. The third-order valence-corrected chi connectivity index (χ3v) is 10.0. The number of allylic oxidation sites excluding steroid dienone is 1. The van der Waals surface area contributed by atoms with Crippen LogP contribution in [0.25, 0.3) is 16.6 Å². The van der Waals surface area contributed by atoms with Crippen LogP contribution >= 0.6 is 7.92 Å². The SMILES string of the molecule is C=C(C)c1cnc(Nc2ccc(N3CCC(N4CCN(C)CC4)CC3)nc2OC)nc1Nc1ccc2nccnc2c1P(C)C. The van der Waals surface area contributed by atoms with Crippen molar-refractivity contribution in [1.82, 2.24) is 34.7 Å². The third kappa shape index (κ3) is 6.85. The number of methoxy groups -OCH3 is 1. The fourth-order valence-corrected chi connectivity index (χ4v) is 7.39. The van der Waals surface area contributed by atoms with E-state index in [4.69, 9.17) is 14.7 Å². The number of piperazine rings is 1. The summed E-state index contributed by atoms with van der Waals surface area (Å²) in [5, 5.41) is 8.05. The summed E-state index contributed by atoms with van der Waals surface area (Å²) in [6.07, 6.45) is 7.55. The summed E-state index contributed by atoms with van der Waals surface area (Å²) < 4.78 is 5.74. The molecule has 0 unspecified atom stereocenters. The first-order chi connectivity index (χ1) is 21.8. The predicted octanol–water partition coefficient (Wildman–Crippen LogP) is 4.93. The van der Waals surface area contributed by atoms with Gasteiger partial charge >= 0.3 is 0 Å². The monoisotopic (exact) mass is 626 g/mol. The van der Waals surface area contributed by atoms with Crippen molar-refractivity contribution in [3.05, 3.63) is 55.0 Å². The molecular weight excluding hydrogens is 583 g/mol. The van der Waals surface area contributed by atoms with E-state index in [0.717, 1.165) is 91.1 Å². The van der Waals surface area contributed by atoms with Gasteiger partial charge in [-0.05, 0) is 70.0 Å². The molecule has 2 N–H and O–H groups in total. The van der Waals surface area contributed by atoms with Gasteiger partial charge in [-0.2, -0.15) is 9.97 Å². The number of ether oxygens (including phenoxy) is 1. The summed E-state index contributed by atoms with van der Waals surface area (Å²) in [5.41, 5.74) is 5.13. The minimum absolute atomic E-state index is 0.431. The summed E-state index contributed by atoms with van der Waals surface area (Å²) in [7, 11) is 3.37. The van der Waals surface area contributed by atoms with Gasteiger partial charge in [0.2, 0.25) is 11.8 Å². The van der Waals surface area contributed by atoms with Crippen molar-refractivity contribution in [3.8, 4) is 5.88 Å². The molecule has 5 heterocycles. The van der Waals surface area contributed by atoms with E-state index in [2.05, 4.69) is 73.3 Å². The molecule has 0 radical (unpaired) electrons. The van der Waals surface area contributed by atoms with Crippen LogP contribution in [0.3, 0.4) is 0 Å². The normalized spacial score (nSPS) is 16.7. The summed E-state index contributed by atoms with van der Waals surface area (Å²) in [6.45, 7) is 17.2. The molecule has 0 amide bonds. The van der Waals surface area contributed by atoms with Crippen molar-refractivity contribution < 1.29 is 4.74 Å². The average molecular weight is 627 g/mol. The smallest absolute Gasteiger partial charge is 0.239 e. The number of hydrogen-bond donors (Lipinski definition) is 2. The molecule has 2 fully saturated rings.